The molecule has 0 saturated carbocycles. The molecule has 24 heavy (non-hydrogen) atoms. The number of benzene rings is 2. The SMILES string of the molecule is OC(Cc1cn(Cc2ccccc2)nn1)c1cc2ccccc2o1. The molecule has 5 nitrogen and oxygen atoms in total. The number of rotatable bonds is 5. The zero-order valence-electron chi connectivity index (χ0n) is 13.0. The lowest BCUT2D eigenvalue weighted by Crippen LogP contribution is -2.01. The Balaban J connectivity index is 1.47. The summed E-state index contributed by atoms with van der Waals surface area (Å²) in [5.74, 6) is 0.550. The van der Waals surface area contributed by atoms with Gasteiger partial charge in [-0.1, -0.05) is 53.7 Å². The number of aliphatic hydroxyl groups is 1. The van der Waals surface area contributed by atoms with Crippen molar-refractivity contribution in [1.29, 1.82) is 0 Å². The number of hydrogen-bond donors (Lipinski definition) is 1. The first kappa shape index (κ1) is 14.7. The third-order valence-electron chi connectivity index (χ3n) is 3.95. The quantitative estimate of drug-likeness (QED) is 0.613. The lowest BCUT2D eigenvalue weighted by atomic mass is 10.1. The van der Waals surface area contributed by atoms with Gasteiger partial charge in [0, 0.05) is 18.0 Å². The van der Waals surface area contributed by atoms with Crippen molar-refractivity contribution in [3.8, 4) is 0 Å². The summed E-state index contributed by atoms with van der Waals surface area (Å²) >= 11 is 0. The number of hydrogen-bond acceptors (Lipinski definition) is 4. The molecule has 0 bridgehead atoms. The van der Waals surface area contributed by atoms with Gasteiger partial charge in [0.05, 0.1) is 12.2 Å². The Labute approximate surface area is 139 Å². The van der Waals surface area contributed by atoms with E-state index in [-0.39, 0.29) is 0 Å². The Hall–Kier alpha value is -2.92. The smallest absolute Gasteiger partial charge is 0.134 e. The molecule has 0 radical (unpaired) electrons. The maximum absolute atomic E-state index is 10.4. The molecule has 0 aliphatic rings. The van der Waals surface area contributed by atoms with Crippen molar-refractivity contribution >= 4 is 11.0 Å². The Morgan fingerprint density at radius 3 is 2.67 bits per heavy atom. The predicted octanol–water partition coefficient (Wildman–Crippen LogP) is 3.35. The van der Waals surface area contributed by atoms with E-state index in [0.29, 0.717) is 18.7 Å². The second-order valence-corrected chi connectivity index (χ2v) is 5.80. The van der Waals surface area contributed by atoms with Crippen molar-refractivity contribution in [2.75, 3.05) is 0 Å². The topological polar surface area (TPSA) is 64.1 Å². The monoisotopic (exact) mass is 319 g/mol. The van der Waals surface area contributed by atoms with Gasteiger partial charge in [-0.15, -0.1) is 5.10 Å². The van der Waals surface area contributed by atoms with Crippen LogP contribution in [0.2, 0.25) is 0 Å². The van der Waals surface area contributed by atoms with Gasteiger partial charge >= 0.3 is 0 Å². The molecule has 5 heteroatoms. The summed E-state index contributed by atoms with van der Waals surface area (Å²) in [5.41, 5.74) is 2.67. The molecule has 4 aromatic rings. The fourth-order valence-corrected chi connectivity index (χ4v) is 2.75. The first-order chi connectivity index (χ1) is 11.8. The summed E-state index contributed by atoms with van der Waals surface area (Å²) in [6.45, 7) is 0.661. The maximum atomic E-state index is 10.4. The van der Waals surface area contributed by atoms with Crippen LogP contribution >= 0.6 is 0 Å². The molecule has 1 N–H and O–H groups in total. The molecule has 2 aromatic carbocycles. The molecule has 120 valence electrons. The highest BCUT2D eigenvalue weighted by Crippen LogP contribution is 2.25. The Kier molecular flexibility index (Phi) is 3.84. The normalized spacial score (nSPS) is 12.5. The number of aliphatic hydroxyl groups excluding tert-OH is 1. The fourth-order valence-electron chi connectivity index (χ4n) is 2.75. The molecule has 0 spiro atoms. The molecular weight excluding hydrogens is 302 g/mol. The summed E-state index contributed by atoms with van der Waals surface area (Å²) in [7, 11) is 0. The van der Waals surface area contributed by atoms with Crippen molar-refractivity contribution in [1.82, 2.24) is 15.0 Å². The molecule has 0 aliphatic heterocycles. The molecule has 4 rings (SSSR count). The van der Waals surface area contributed by atoms with E-state index >= 15 is 0 Å². The predicted molar refractivity (Wildman–Crippen MR) is 90.4 cm³/mol. The van der Waals surface area contributed by atoms with E-state index in [1.165, 1.54) is 0 Å². The van der Waals surface area contributed by atoms with Crippen molar-refractivity contribution in [3.63, 3.8) is 0 Å². The van der Waals surface area contributed by atoms with Crippen LogP contribution in [0.5, 0.6) is 0 Å². The molecule has 0 fully saturated rings. The van der Waals surface area contributed by atoms with Gasteiger partial charge < -0.3 is 9.52 Å². The van der Waals surface area contributed by atoms with Gasteiger partial charge in [0.15, 0.2) is 0 Å². The second kappa shape index (κ2) is 6.29. The standard InChI is InChI=1S/C19H17N3O2/c23-17(19-10-15-8-4-5-9-18(15)24-19)11-16-13-22(21-20-16)12-14-6-2-1-3-7-14/h1-10,13,17,23H,11-12H2. The lowest BCUT2D eigenvalue weighted by molar-refractivity contribution is 0.151. The van der Waals surface area contributed by atoms with E-state index in [4.69, 9.17) is 4.42 Å². The molecule has 0 amide bonds. The number of para-hydroxylation sites is 1. The average molecular weight is 319 g/mol. The van der Waals surface area contributed by atoms with Crippen molar-refractivity contribution < 1.29 is 9.52 Å². The van der Waals surface area contributed by atoms with E-state index in [2.05, 4.69) is 10.3 Å². The number of fused-ring (bicyclic) bond motifs is 1. The van der Waals surface area contributed by atoms with Crippen LogP contribution in [0.15, 0.2) is 71.3 Å². The zero-order chi connectivity index (χ0) is 16.4. The van der Waals surface area contributed by atoms with E-state index in [1.54, 1.807) is 4.68 Å². The van der Waals surface area contributed by atoms with Gasteiger partial charge in [-0.25, -0.2) is 4.68 Å². The summed E-state index contributed by atoms with van der Waals surface area (Å²) in [5, 5.41) is 19.7. The van der Waals surface area contributed by atoms with Crippen LogP contribution in [0.4, 0.5) is 0 Å². The minimum absolute atomic E-state index is 0.370. The summed E-state index contributed by atoms with van der Waals surface area (Å²) in [4.78, 5) is 0. The molecular formula is C19H17N3O2. The van der Waals surface area contributed by atoms with Gasteiger partial charge in [-0.2, -0.15) is 0 Å². The van der Waals surface area contributed by atoms with E-state index < -0.39 is 6.10 Å². The van der Waals surface area contributed by atoms with Crippen LogP contribution in [0.1, 0.15) is 23.1 Å². The number of nitrogens with zero attached hydrogens (tertiary/aromatic N) is 3. The highest BCUT2D eigenvalue weighted by molar-refractivity contribution is 5.77. The minimum atomic E-state index is -0.737. The largest absolute Gasteiger partial charge is 0.458 e. The first-order valence-electron chi connectivity index (χ1n) is 7.87. The van der Waals surface area contributed by atoms with Gasteiger partial charge in [-0.3, -0.25) is 0 Å². The van der Waals surface area contributed by atoms with Crippen LogP contribution in [0, 0.1) is 0 Å². The lowest BCUT2D eigenvalue weighted by Gasteiger charge is -2.04. The maximum Gasteiger partial charge on any atom is 0.134 e. The molecule has 2 heterocycles. The van der Waals surface area contributed by atoms with Crippen molar-refractivity contribution in [3.05, 3.63) is 83.9 Å². The Morgan fingerprint density at radius 1 is 1.04 bits per heavy atom. The highest BCUT2D eigenvalue weighted by Gasteiger charge is 2.16. The Bertz CT molecular complexity index is 910. The summed E-state index contributed by atoms with van der Waals surface area (Å²) in [6.07, 6.45) is 1.49. The van der Waals surface area contributed by atoms with Gasteiger partial charge in [0.25, 0.3) is 0 Å². The molecule has 2 aromatic heterocycles. The van der Waals surface area contributed by atoms with E-state index in [1.807, 2.05) is 66.9 Å². The fraction of sp³-hybridized carbons (Fsp3) is 0.158. The second-order valence-electron chi connectivity index (χ2n) is 5.80. The van der Waals surface area contributed by atoms with Crippen LogP contribution in [-0.4, -0.2) is 20.1 Å². The number of aromatic nitrogens is 3. The van der Waals surface area contributed by atoms with E-state index in [9.17, 15) is 5.11 Å². The van der Waals surface area contributed by atoms with Crippen molar-refractivity contribution in [2.24, 2.45) is 0 Å². The van der Waals surface area contributed by atoms with Crippen LogP contribution in [0.3, 0.4) is 0 Å². The molecule has 0 aliphatic carbocycles. The third-order valence-corrected chi connectivity index (χ3v) is 3.95. The first-order valence-corrected chi connectivity index (χ1v) is 7.87. The van der Waals surface area contributed by atoms with Gasteiger partial charge in [0.2, 0.25) is 0 Å². The van der Waals surface area contributed by atoms with Crippen LogP contribution in [0.25, 0.3) is 11.0 Å². The van der Waals surface area contributed by atoms with Crippen molar-refractivity contribution in [2.45, 2.75) is 19.1 Å². The summed E-state index contributed by atoms with van der Waals surface area (Å²) in [6, 6.07) is 19.7. The molecule has 1 unspecified atom stereocenters. The average Bonchev–Trinajstić information content (AvgIpc) is 3.22. The third kappa shape index (κ3) is 3.07. The van der Waals surface area contributed by atoms with Crippen LogP contribution < -0.4 is 0 Å². The van der Waals surface area contributed by atoms with Gasteiger partial charge in [-0.05, 0) is 17.7 Å². The molecule has 1 atom stereocenters. The molecule has 0 saturated heterocycles. The minimum Gasteiger partial charge on any atom is -0.458 e. The van der Waals surface area contributed by atoms with E-state index in [0.717, 1.165) is 22.2 Å². The Morgan fingerprint density at radius 2 is 1.83 bits per heavy atom. The highest BCUT2D eigenvalue weighted by atomic mass is 16.4. The summed E-state index contributed by atoms with van der Waals surface area (Å²) < 4.78 is 7.47. The van der Waals surface area contributed by atoms with Gasteiger partial charge in [0.1, 0.15) is 17.4 Å². The number of furan rings is 1. The zero-order valence-corrected chi connectivity index (χ0v) is 13.0. The van der Waals surface area contributed by atoms with Crippen LogP contribution in [-0.2, 0) is 13.0 Å².